The molecule has 6 nitrogen and oxygen atoms in total. The molecule has 7 heteroatoms. The summed E-state index contributed by atoms with van der Waals surface area (Å²) in [7, 11) is -2.89. The van der Waals surface area contributed by atoms with Crippen molar-refractivity contribution in [1.82, 2.24) is 10.3 Å². The first-order chi connectivity index (χ1) is 11.0. The number of fused-ring (bicyclic) bond motifs is 1. The van der Waals surface area contributed by atoms with Crippen LogP contribution in [-0.2, 0) is 14.6 Å². The molecule has 1 aliphatic heterocycles. The largest absolute Gasteiger partial charge is 0.324 e. The lowest BCUT2D eigenvalue weighted by Crippen LogP contribution is -2.32. The summed E-state index contributed by atoms with van der Waals surface area (Å²) in [5.74, 6) is 0.289. The molecular formula is C16H19N3O3S. The number of para-hydroxylation sites is 1. The molecule has 1 saturated heterocycles. The maximum Gasteiger partial charge on any atom is 0.225 e. The van der Waals surface area contributed by atoms with Crippen molar-refractivity contribution < 1.29 is 13.2 Å². The van der Waals surface area contributed by atoms with Crippen molar-refractivity contribution in [3.8, 4) is 0 Å². The van der Waals surface area contributed by atoms with Crippen molar-refractivity contribution in [2.75, 3.05) is 23.4 Å². The quantitative estimate of drug-likeness (QED) is 0.862. The molecule has 1 aromatic carbocycles. The highest BCUT2D eigenvalue weighted by Crippen LogP contribution is 2.20. The minimum Gasteiger partial charge on any atom is -0.324 e. The van der Waals surface area contributed by atoms with Crippen molar-refractivity contribution in [2.24, 2.45) is 0 Å². The number of nitrogens with one attached hydrogen (secondary N) is 2. The number of hydrogen-bond donors (Lipinski definition) is 2. The van der Waals surface area contributed by atoms with Gasteiger partial charge in [0.25, 0.3) is 0 Å². The molecule has 1 unspecified atom stereocenters. The van der Waals surface area contributed by atoms with E-state index in [-0.39, 0.29) is 23.5 Å². The van der Waals surface area contributed by atoms with Gasteiger partial charge in [-0.3, -0.25) is 9.78 Å². The summed E-state index contributed by atoms with van der Waals surface area (Å²) < 4.78 is 22.8. The van der Waals surface area contributed by atoms with Gasteiger partial charge >= 0.3 is 0 Å². The summed E-state index contributed by atoms with van der Waals surface area (Å²) in [6.45, 7) is 0.463. The van der Waals surface area contributed by atoms with E-state index in [1.807, 2.05) is 30.3 Å². The summed E-state index contributed by atoms with van der Waals surface area (Å²) in [4.78, 5) is 16.4. The predicted molar refractivity (Wildman–Crippen MR) is 90.1 cm³/mol. The third-order valence-electron chi connectivity index (χ3n) is 3.92. The average molecular weight is 333 g/mol. The molecule has 0 bridgehead atoms. The molecule has 3 rings (SSSR count). The monoisotopic (exact) mass is 333 g/mol. The van der Waals surface area contributed by atoms with Gasteiger partial charge < -0.3 is 10.6 Å². The van der Waals surface area contributed by atoms with Crippen LogP contribution < -0.4 is 10.6 Å². The average Bonchev–Trinajstić information content (AvgIpc) is 2.87. The second kappa shape index (κ2) is 6.64. The van der Waals surface area contributed by atoms with Crippen LogP contribution in [0.5, 0.6) is 0 Å². The SMILES string of the molecule is O=C(CCNC1CCS(=O)(=O)C1)Nc1cccc2cccnc12. The van der Waals surface area contributed by atoms with E-state index in [1.165, 1.54) is 0 Å². The van der Waals surface area contributed by atoms with E-state index < -0.39 is 9.84 Å². The zero-order valence-electron chi connectivity index (χ0n) is 12.7. The van der Waals surface area contributed by atoms with Gasteiger partial charge in [0.2, 0.25) is 5.91 Å². The van der Waals surface area contributed by atoms with Crippen molar-refractivity contribution >= 4 is 32.3 Å². The smallest absolute Gasteiger partial charge is 0.225 e. The van der Waals surface area contributed by atoms with Crippen LogP contribution in [-0.4, -0.2) is 43.4 Å². The van der Waals surface area contributed by atoms with E-state index in [1.54, 1.807) is 6.20 Å². The normalized spacial score (nSPS) is 19.7. The number of hydrogen-bond acceptors (Lipinski definition) is 5. The van der Waals surface area contributed by atoms with Crippen molar-refractivity contribution in [3.05, 3.63) is 36.5 Å². The van der Waals surface area contributed by atoms with Crippen LogP contribution in [0, 0.1) is 0 Å². The molecule has 1 amide bonds. The first-order valence-electron chi connectivity index (χ1n) is 7.61. The molecule has 1 fully saturated rings. The lowest BCUT2D eigenvalue weighted by atomic mass is 10.2. The minimum atomic E-state index is -2.89. The van der Waals surface area contributed by atoms with Gasteiger partial charge in [-0.2, -0.15) is 0 Å². The van der Waals surface area contributed by atoms with E-state index >= 15 is 0 Å². The number of carbonyl (C=O) groups is 1. The Kier molecular flexibility index (Phi) is 4.58. The maximum absolute atomic E-state index is 12.1. The Morgan fingerprint density at radius 2 is 2.09 bits per heavy atom. The van der Waals surface area contributed by atoms with E-state index in [2.05, 4.69) is 15.6 Å². The Bertz CT molecular complexity index is 815. The lowest BCUT2D eigenvalue weighted by molar-refractivity contribution is -0.116. The number of aromatic nitrogens is 1. The molecule has 0 radical (unpaired) electrons. The Balaban J connectivity index is 1.53. The van der Waals surface area contributed by atoms with Crippen molar-refractivity contribution in [3.63, 3.8) is 0 Å². The molecule has 1 aromatic heterocycles. The van der Waals surface area contributed by atoms with Gasteiger partial charge in [0, 0.05) is 30.6 Å². The standard InChI is InChI=1S/C16H19N3O3S/c20-15(6-9-17-13-7-10-23(21,22)11-13)19-14-5-1-3-12-4-2-8-18-16(12)14/h1-5,8,13,17H,6-7,9-11H2,(H,19,20). The number of benzene rings is 1. The fourth-order valence-corrected chi connectivity index (χ4v) is 4.47. The summed E-state index contributed by atoms with van der Waals surface area (Å²) in [6.07, 6.45) is 2.61. The molecule has 2 aromatic rings. The number of pyridine rings is 1. The van der Waals surface area contributed by atoms with E-state index in [9.17, 15) is 13.2 Å². The van der Waals surface area contributed by atoms with Crippen LogP contribution in [0.4, 0.5) is 5.69 Å². The van der Waals surface area contributed by atoms with E-state index in [0.717, 1.165) is 10.9 Å². The Labute approximate surface area is 135 Å². The first kappa shape index (κ1) is 15.9. The van der Waals surface area contributed by atoms with Crippen molar-refractivity contribution in [1.29, 1.82) is 0 Å². The van der Waals surface area contributed by atoms with Gasteiger partial charge in [0.15, 0.2) is 9.84 Å². The molecule has 1 atom stereocenters. The van der Waals surface area contributed by atoms with Crippen LogP contribution in [0.3, 0.4) is 0 Å². The Hall–Kier alpha value is -1.99. The number of anilines is 1. The lowest BCUT2D eigenvalue weighted by Gasteiger charge is -2.11. The molecule has 2 heterocycles. The number of amides is 1. The van der Waals surface area contributed by atoms with E-state index in [4.69, 9.17) is 0 Å². The highest BCUT2D eigenvalue weighted by Gasteiger charge is 2.27. The molecular weight excluding hydrogens is 314 g/mol. The van der Waals surface area contributed by atoms with Gasteiger partial charge in [-0.1, -0.05) is 18.2 Å². The van der Waals surface area contributed by atoms with E-state index in [0.29, 0.717) is 25.1 Å². The van der Waals surface area contributed by atoms with Crippen LogP contribution in [0.1, 0.15) is 12.8 Å². The van der Waals surface area contributed by atoms with Crippen molar-refractivity contribution in [2.45, 2.75) is 18.9 Å². The maximum atomic E-state index is 12.1. The number of rotatable bonds is 5. The fourth-order valence-electron chi connectivity index (χ4n) is 2.76. The molecule has 23 heavy (non-hydrogen) atoms. The van der Waals surface area contributed by atoms with Gasteiger partial charge in [0.1, 0.15) is 0 Å². The summed E-state index contributed by atoms with van der Waals surface area (Å²) in [5, 5.41) is 6.97. The molecule has 0 saturated carbocycles. The number of carbonyl (C=O) groups excluding carboxylic acids is 1. The Morgan fingerprint density at radius 1 is 1.26 bits per heavy atom. The third kappa shape index (κ3) is 4.05. The molecule has 0 spiro atoms. The Morgan fingerprint density at radius 3 is 2.87 bits per heavy atom. The third-order valence-corrected chi connectivity index (χ3v) is 5.69. The van der Waals surface area contributed by atoms with Crippen LogP contribution in [0.25, 0.3) is 10.9 Å². The van der Waals surface area contributed by atoms with Gasteiger partial charge in [0.05, 0.1) is 22.7 Å². The van der Waals surface area contributed by atoms with Crippen LogP contribution in [0.15, 0.2) is 36.5 Å². The molecule has 1 aliphatic rings. The topological polar surface area (TPSA) is 88.2 Å². The molecule has 2 N–H and O–H groups in total. The number of sulfone groups is 1. The predicted octanol–water partition coefficient (Wildman–Crippen LogP) is 1.34. The van der Waals surface area contributed by atoms with Gasteiger partial charge in [-0.15, -0.1) is 0 Å². The summed E-state index contributed by atoms with van der Waals surface area (Å²) in [5.41, 5.74) is 1.45. The second-order valence-corrected chi connectivity index (χ2v) is 7.96. The first-order valence-corrected chi connectivity index (χ1v) is 9.43. The number of nitrogens with zero attached hydrogens (tertiary/aromatic N) is 1. The second-order valence-electron chi connectivity index (χ2n) is 5.73. The highest BCUT2D eigenvalue weighted by molar-refractivity contribution is 7.91. The van der Waals surface area contributed by atoms with Crippen LogP contribution >= 0.6 is 0 Å². The molecule has 122 valence electrons. The summed E-state index contributed by atoms with van der Waals surface area (Å²) in [6, 6.07) is 9.41. The zero-order chi connectivity index (χ0) is 16.3. The molecule has 0 aliphatic carbocycles. The summed E-state index contributed by atoms with van der Waals surface area (Å²) >= 11 is 0. The minimum absolute atomic E-state index is 0.0352. The zero-order valence-corrected chi connectivity index (χ0v) is 13.5. The van der Waals surface area contributed by atoms with Gasteiger partial charge in [-0.05, 0) is 18.6 Å². The van der Waals surface area contributed by atoms with Crippen LogP contribution in [0.2, 0.25) is 0 Å². The van der Waals surface area contributed by atoms with Gasteiger partial charge in [-0.25, -0.2) is 8.42 Å². The highest BCUT2D eigenvalue weighted by atomic mass is 32.2. The fraction of sp³-hybridized carbons (Fsp3) is 0.375.